The Bertz CT molecular complexity index is 2700. The van der Waals surface area contributed by atoms with Gasteiger partial charge in [0, 0.05) is 29.7 Å². The average molecular weight is 811 g/mol. The molecule has 300 valence electrons. The van der Waals surface area contributed by atoms with Crippen LogP contribution in [-0.4, -0.2) is 36.0 Å². The lowest BCUT2D eigenvalue weighted by molar-refractivity contribution is -0.0189. The van der Waals surface area contributed by atoms with Gasteiger partial charge >= 0.3 is 29.8 Å². The second-order valence-electron chi connectivity index (χ2n) is 13.7. The van der Waals surface area contributed by atoms with Gasteiger partial charge in [-0.25, -0.2) is 24.0 Å². The van der Waals surface area contributed by atoms with E-state index in [1.165, 1.54) is 24.3 Å². The molecule has 0 unspecified atom stereocenters. The molecule has 1 heterocycles. The summed E-state index contributed by atoms with van der Waals surface area (Å²) >= 11 is 0. The van der Waals surface area contributed by atoms with Crippen LogP contribution in [0.2, 0.25) is 0 Å². The highest BCUT2D eigenvalue weighted by Gasteiger charge is 2.38. The van der Waals surface area contributed by atoms with E-state index in [0.717, 1.165) is 0 Å². The zero-order valence-corrected chi connectivity index (χ0v) is 32.2. The van der Waals surface area contributed by atoms with Crippen molar-refractivity contribution in [2.45, 2.75) is 18.6 Å². The number of hydrogen-bond acceptors (Lipinski definition) is 11. The molecule has 0 bridgehead atoms. The molecule has 0 fully saturated rings. The van der Waals surface area contributed by atoms with Gasteiger partial charge in [-0.05, 0) is 72.8 Å². The predicted octanol–water partition coefficient (Wildman–Crippen LogP) is 9.47. The summed E-state index contributed by atoms with van der Waals surface area (Å²) < 4.78 is 36.2. The van der Waals surface area contributed by atoms with E-state index in [-0.39, 0.29) is 63.0 Å². The van der Waals surface area contributed by atoms with Crippen molar-refractivity contribution >= 4 is 29.8 Å². The number of esters is 5. The number of carbonyl (C=O) groups is 5. The molecule has 8 rings (SSSR count). The first-order valence-corrected chi connectivity index (χ1v) is 19.1. The van der Waals surface area contributed by atoms with Crippen molar-refractivity contribution in [3.8, 4) is 28.7 Å². The normalized spacial score (nSPS) is 14.0. The van der Waals surface area contributed by atoms with Crippen molar-refractivity contribution in [1.82, 2.24) is 0 Å². The molecule has 1 aliphatic heterocycles. The Labute approximate surface area is 349 Å². The molecular weight excluding hydrogens is 777 g/mol. The summed E-state index contributed by atoms with van der Waals surface area (Å²) in [5, 5.41) is 0. The van der Waals surface area contributed by atoms with Crippen LogP contribution >= 0.6 is 0 Å². The highest BCUT2D eigenvalue weighted by Crippen LogP contribution is 2.45. The lowest BCUT2D eigenvalue weighted by Gasteiger charge is -2.34. The van der Waals surface area contributed by atoms with E-state index in [0.29, 0.717) is 11.1 Å². The zero-order valence-electron chi connectivity index (χ0n) is 32.2. The number of benzene rings is 7. The minimum atomic E-state index is -1.11. The molecule has 61 heavy (non-hydrogen) atoms. The molecule has 11 nitrogen and oxygen atoms in total. The van der Waals surface area contributed by atoms with Crippen LogP contribution in [0.4, 0.5) is 0 Å². The van der Waals surface area contributed by atoms with Crippen molar-refractivity contribution < 1.29 is 52.4 Å². The SMILES string of the molecule is O=C(Oc1cc(OC(=O)c2ccccc2)c2c(c1)O[C@H](c1ccc(OC(=O)c3ccccc3)c(OC(=O)c3ccccc3)c1)[C@H](OC(=O)c1ccccc1)C2)c1ccccc1. The molecule has 0 saturated carbocycles. The fraction of sp³-hybridized carbons (Fsp3) is 0.0600. The fourth-order valence-electron chi connectivity index (χ4n) is 6.54. The minimum absolute atomic E-state index is 0.00192. The van der Waals surface area contributed by atoms with Gasteiger partial charge in [0.1, 0.15) is 23.4 Å². The van der Waals surface area contributed by atoms with E-state index < -0.39 is 42.1 Å². The van der Waals surface area contributed by atoms with Gasteiger partial charge in [0.25, 0.3) is 0 Å². The summed E-state index contributed by atoms with van der Waals surface area (Å²) in [5.41, 5.74) is 2.00. The van der Waals surface area contributed by atoms with Crippen LogP contribution in [-0.2, 0) is 11.2 Å². The molecule has 7 aromatic carbocycles. The van der Waals surface area contributed by atoms with Crippen LogP contribution in [0.25, 0.3) is 0 Å². The maximum atomic E-state index is 13.7. The molecule has 1 aliphatic rings. The summed E-state index contributed by atoms with van der Waals surface area (Å²) in [6.07, 6.45) is -2.24. The molecule has 0 saturated heterocycles. The van der Waals surface area contributed by atoms with Crippen LogP contribution < -0.4 is 23.7 Å². The molecule has 0 aromatic heterocycles. The third kappa shape index (κ3) is 9.37. The number of hydrogen-bond donors (Lipinski definition) is 0. The Balaban J connectivity index is 1.21. The van der Waals surface area contributed by atoms with Crippen LogP contribution in [0.3, 0.4) is 0 Å². The molecule has 0 amide bonds. The quantitative estimate of drug-likeness (QED) is 0.0911. The van der Waals surface area contributed by atoms with Crippen molar-refractivity contribution in [1.29, 1.82) is 0 Å². The molecular formula is C50H34O11. The second-order valence-corrected chi connectivity index (χ2v) is 13.7. The van der Waals surface area contributed by atoms with Crippen molar-refractivity contribution in [3.63, 3.8) is 0 Å². The lowest BCUT2D eigenvalue weighted by Crippen LogP contribution is -2.35. The molecule has 0 spiro atoms. The smallest absolute Gasteiger partial charge is 0.343 e. The molecule has 7 aromatic rings. The third-order valence-electron chi connectivity index (χ3n) is 9.56. The van der Waals surface area contributed by atoms with Crippen LogP contribution in [0.1, 0.15) is 69.0 Å². The van der Waals surface area contributed by atoms with Gasteiger partial charge in [-0.1, -0.05) is 97.1 Å². The van der Waals surface area contributed by atoms with E-state index in [1.54, 1.807) is 158 Å². The van der Waals surface area contributed by atoms with Crippen LogP contribution in [0.15, 0.2) is 182 Å². The van der Waals surface area contributed by atoms with Gasteiger partial charge < -0.3 is 28.4 Å². The Hall–Kier alpha value is -8.31. The summed E-state index contributed by atoms with van der Waals surface area (Å²) in [6.45, 7) is 0. The maximum Gasteiger partial charge on any atom is 0.343 e. The summed E-state index contributed by atoms with van der Waals surface area (Å²) in [4.78, 5) is 67.1. The first-order valence-electron chi connectivity index (χ1n) is 19.1. The monoisotopic (exact) mass is 810 g/mol. The van der Waals surface area contributed by atoms with E-state index in [2.05, 4.69) is 0 Å². The maximum absolute atomic E-state index is 13.7. The summed E-state index contributed by atoms with van der Waals surface area (Å²) in [6, 6.07) is 49.0. The van der Waals surface area contributed by atoms with Gasteiger partial charge in [-0.3, -0.25) is 0 Å². The van der Waals surface area contributed by atoms with E-state index in [1.807, 2.05) is 0 Å². The number of ether oxygens (including phenoxy) is 6. The molecule has 0 aliphatic carbocycles. The fourth-order valence-corrected chi connectivity index (χ4v) is 6.54. The molecule has 11 heteroatoms. The van der Waals surface area contributed by atoms with Crippen LogP contribution in [0.5, 0.6) is 28.7 Å². The molecule has 2 atom stereocenters. The standard InChI is InChI=1S/C50H34O11/c51-46(32-16-6-1-7-17-32)56-38-29-41-39(42(30-38)59-48(53)34-20-10-3-11-21-34)31-44(61-50(55)36-24-14-5-15-25-36)45(57-41)37-26-27-40(58-47(52)33-18-8-2-9-19-33)43(28-37)60-49(54)35-22-12-4-13-23-35/h1-30,44-45H,31H2/t44-,45-/m1/s1. The number of fused-ring (bicyclic) bond motifs is 1. The zero-order chi connectivity index (χ0) is 42.1. The number of carbonyl (C=O) groups excluding carboxylic acids is 5. The Morgan fingerprint density at radius 2 is 0.820 bits per heavy atom. The van der Waals surface area contributed by atoms with Crippen molar-refractivity contribution in [2.24, 2.45) is 0 Å². The predicted molar refractivity (Wildman–Crippen MR) is 221 cm³/mol. The second kappa shape index (κ2) is 18.1. The Morgan fingerprint density at radius 3 is 1.30 bits per heavy atom. The minimum Gasteiger partial charge on any atom is -0.481 e. The van der Waals surface area contributed by atoms with Gasteiger partial charge in [-0.15, -0.1) is 0 Å². The third-order valence-corrected chi connectivity index (χ3v) is 9.56. The summed E-state index contributed by atoms with van der Waals surface area (Å²) in [7, 11) is 0. The Morgan fingerprint density at radius 1 is 0.410 bits per heavy atom. The first-order chi connectivity index (χ1) is 29.8. The summed E-state index contributed by atoms with van der Waals surface area (Å²) in [5.74, 6) is -3.50. The molecule has 0 N–H and O–H groups in total. The van der Waals surface area contributed by atoms with Gasteiger partial charge in [0.2, 0.25) is 0 Å². The highest BCUT2D eigenvalue weighted by atomic mass is 16.6. The van der Waals surface area contributed by atoms with Crippen molar-refractivity contribution in [2.75, 3.05) is 0 Å². The lowest BCUT2D eigenvalue weighted by atomic mass is 9.93. The molecule has 0 radical (unpaired) electrons. The highest BCUT2D eigenvalue weighted by molar-refractivity contribution is 5.94. The van der Waals surface area contributed by atoms with Crippen molar-refractivity contribution in [3.05, 3.63) is 221 Å². The van der Waals surface area contributed by atoms with Gasteiger partial charge in [-0.2, -0.15) is 0 Å². The number of rotatable bonds is 11. The first kappa shape index (κ1) is 39.5. The van der Waals surface area contributed by atoms with Gasteiger partial charge in [0.15, 0.2) is 17.6 Å². The van der Waals surface area contributed by atoms with Gasteiger partial charge in [0.05, 0.1) is 27.8 Å². The topological polar surface area (TPSA) is 141 Å². The van der Waals surface area contributed by atoms with E-state index in [4.69, 9.17) is 28.4 Å². The van der Waals surface area contributed by atoms with E-state index >= 15 is 0 Å². The Kier molecular flexibility index (Phi) is 11.7. The average Bonchev–Trinajstić information content (AvgIpc) is 3.31. The van der Waals surface area contributed by atoms with Crippen LogP contribution in [0, 0.1) is 0 Å². The largest absolute Gasteiger partial charge is 0.481 e. The van der Waals surface area contributed by atoms with E-state index in [9.17, 15) is 24.0 Å².